The highest BCUT2D eigenvalue weighted by atomic mass is 16.7. The molecule has 4 unspecified atom stereocenters. The molecule has 1 heterocycles. The van der Waals surface area contributed by atoms with Crippen molar-refractivity contribution < 1.29 is 33.6 Å². The minimum atomic E-state index is -0.827. The Morgan fingerprint density at radius 1 is 0.973 bits per heavy atom. The number of allylic oxidation sites excluding steroid dienone is 2. The second kappa shape index (κ2) is 9.87. The fraction of sp³-hybridized carbons (Fsp3) is 0.750. The lowest BCUT2D eigenvalue weighted by atomic mass is 9.47. The molecule has 9 heteroatoms. The highest BCUT2D eigenvalue weighted by Gasteiger charge is 2.59. The smallest absolute Gasteiger partial charge is 0.373 e. The van der Waals surface area contributed by atoms with Gasteiger partial charge >= 0.3 is 11.9 Å². The van der Waals surface area contributed by atoms with Gasteiger partial charge in [-0.3, -0.25) is 14.4 Å². The van der Waals surface area contributed by atoms with Crippen LogP contribution >= 0.6 is 0 Å². The highest BCUT2D eigenvalue weighted by Crippen LogP contribution is 2.65. The van der Waals surface area contributed by atoms with Gasteiger partial charge in [-0.2, -0.15) is 0 Å². The minimum Gasteiger partial charge on any atom is -0.462 e. The Hall–Kier alpha value is -2.71. The molecule has 9 nitrogen and oxygen atoms in total. The molecule has 4 aliphatic carbocycles. The molecule has 37 heavy (non-hydrogen) atoms. The van der Waals surface area contributed by atoms with Crippen LogP contribution in [0.15, 0.2) is 16.8 Å². The number of fused-ring (bicyclic) bond motifs is 5. The molecular formula is C28H38N2O7. The third-order valence-corrected chi connectivity index (χ3v) is 10.0. The summed E-state index contributed by atoms with van der Waals surface area (Å²) in [6, 6.07) is 0. The third kappa shape index (κ3) is 4.59. The molecule has 5 aliphatic rings. The van der Waals surface area contributed by atoms with Crippen LogP contribution in [0.3, 0.4) is 0 Å². The molecular weight excluding hydrogens is 476 g/mol. The molecule has 0 N–H and O–H groups in total. The lowest BCUT2D eigenvalue weighted by Crippen LogP contribution is -2.51. The van der Waals surface area contributed by atoms with E-state index in [0.717, 1.165) is 57.1 Å². The van der Waals surface area contributed by atoms with Gasteiger partial charge in [0.25, 0.3) is 11.8 Å². The Morgan fingerprint density at radius 3 is 2.46 bits per heavy atom. The van der Waals surface area contributed by atoms with Gasteiger partial charge < -0.3 is 14.4 Å². The van der Waals surface area contributed by atoms with E-state index >= 15 is 0 Å². The van der Waals surface area contributed by atoms with Gasteiger partial charge in [0, 0.05) is 24.7 Å². The fourth-order valence-corrected chi connectivity index (χ4v) is 7.98. The van der Waals surface area contributed by atoms with Crippen molar-refractivity contribution in [2.24, 2.45) is 33.7 Å². The quantitative estimate of drug-likeness (QED) is 0.296. The van der Waals surface area contributed by atoms with Gasteiger partial charge in [0.2, 0.25) is 6.61 Å². The number of amides is 2. The van der Waals surface area contributed by atoms with Gasteiger partial charge in [0.1, 0.15) is 6.10 Å². The monoisotopic (exact) mass is 514 g/mol. The van der Waals surface area contributed by atoms with Crippen molar-refractivity contribution in [3.05, 3.63) is 11.6 Å². The first-order valence-corrected chi connectivity index (χ1v) is 13.8. The van der Waals surface area contributed by atoms with Crippen molar-refractivity contribution in [2.75, 3.05) is 6.61 Å². The molecule has 4 fully saturated rings. The predicted octanol–water partition coefficient (Wildman–Crippen LogP) is 4.25. The number of hydrogen-bond donors (Lipinski definition) is 0. The number of hydrogen-bond acceptors (Lipinski definition) is 8. The van der Waals surface area contributed by atoms with Crippen LogP contribution in [0, 0.1) is 28.6 Å². The highest BCUT2D eigenvalue weighted by molar-refractivity contribution is 6.01. The molecule has 0 spiro atoms. The number of rotatable bonds is 6. The van der Waals surface area contributed by atoms with Crippen LogP contribution in [0.1, 0.15) is 91.4 Å². The summed E-state index contributed by atoms with van der Waals surface area (Å²) < 4.78 is 5.91. The third-order valence-electron chi connectivity index (χ3n) is 10.0. The second-order valence-electron chi connectivity index (χ2n) is 11.9. The second-order valence-corrected chi connectivity index (χ2v) is 11.9. The van der Waals surface area contributed by atoms with E-state index in [1.165, 1.54) is 5.57 Å². The number of esters is 1. The van der Waals surface area contributed by atoms with Gasteiger partial charge in [-0.25, -0.2) is 4.79 Å². The molecule has 3 saturated carbocycles. The van der Waals surface area contributed by atoms with Crippen LogP contribution in [-0.2, 0) is 33.6 Å². The van der Waals surface area contributed by atoms with Crippen molar-refractivity contribution in [2.45, 2.75) is 97.5 Å². The van der Waals surface area contributed by atoms with Gasteiger partial charge in [-0.1, -0.05) is 31.5 Å². The van der Waals surface area contributed by atoms with Crippen LogP contribution in [0.25, 0.3) is 0 Å². The Labute approximate surface area is 217 Å². The topological polar surface area (TPSA) is 112 Å². The van der Waals surface area contributed by atoms with Crippen molar-refractivity contribution in [3.63, 3.8) is 0 Å². The SMILES string of the molecule is CCC(=O)OC1CCC2C3CCC4=CC(=NOCC(=O)ON5C(=O)CCC5=O)CC[C@]4(C)C3CC[C@]12C. The van der Waals surface area contributed by atoms with Gasteiger partial charge in [-0.05, 0) is 80.6 Å². The summed E-state index contributed by atoms with van der Waals surface area (Å²) in [4.78, 5) is 57.3. The molecule has 0 bridgehead atoms. The summed E-state index contributed by atoms with van der Waals surface area (Å²) >= 11 is 0. The summed E-state index contributed by atoms with van der Waals surface area (Å²) in [5, 5.41) is 4.69. The number of ether oxygens (including phenoxy) is 1. The first-order valence-electron chi connectivity index (χ1n) is 13.8. The maximum atomic E-state index is 12.0. The predicted molar refractivity (Wildman–Crippen MR) is 132 cm³/mol. The van der Waals surface area contributed by atoms with Crippen LogP contribution < -0.4 is 0 Å². The summed E-state index contributed by atoms with van der Waals surface area (Å²) in [5.74, 6) is -0.0951. The molecule has 6 atom stereocenters. The fourth-order valence-electron chi connectivity index (χ4n) is 7.98. The van der Waals surface area contributed by atoms with Crippen molar-refractivity contribution >= 4 is 29.5 Å². The number of hydroxylamine groups is 2. The van der Waals surface area contributed by atoms with E-state index in [-0.39, 0.29) is 35.7 Å². The van der Waals surface area contributed by atoms with Gasteiger partial charge in [0.05, 0.1) is 5.71 Å². The first-order chi connectivity index (χ1) is 17.7. The first kappa shape index (κ1) is 25.9. The molecule has 0 radical (unpaired) electrons. The largest absolute Gasteiger partial charge is 0.462 e. The van der Waals surface area contributed by atoms with Crippen LogP contribution in [0.2, 0.25) is 0 Å². The molecule has 1 aliphatic heterocycles. The van der Waals surface area contributed by atoms with E-state index in [1.807, 2.05) is 6.92 Å². The molecule has 1 saturated heterocycles. The lowest BCUT2D eigenvalue weighted by molar-refractivity contribution is -0.200. The molecule has 0 aromatic carbocycles. The standard InChI is InChI=1S/C28H38N2O7/c1-4-25(33)36-22-8-7-20-19-6-5-17-15-18(11-13-27(17,2)21(19)12-14-28(20,22)3)29-35-16-26(34)37-30-23(31)9-10-24(30)32/h15,19-22H,4-14,16H2,1-3H3/t19?,20?,21?,22?,27-,28-/m0/s1. The van der Waals surface area contributed by atoms with E-state index in [4.69, 9.17) is 14.4 Å². The number of carbonyl (C=O) groups is 4. The zero-order valence-corrected chi connectivity index (χ0v) is 22.1. The van der Waals surface area contributed by atoms with Crippen molar-refractivity contribution in [1.29, 1.82) is 0 Å². The average Bonchev–Trinajstić information content (AvgIpc) is 3.37. The van der Waals surface area contributed by atoms with Crippen LogP contribution in [0.5, 0.6) is 0 Å². The van der Waals surface area contributed by atoms with E-state index in [1.54, 1.807) is 0 Å². The van der Waals surface area contributed by atoms with Crippen molar-refractivity contribution in [1.82, 2.24) is 5.06 Å². The lowest BCUT2D eigenvalue weighted by Gasteiger charge is -2.58. The minimum absolute atomic E-state index is 0.0475. The Kier molecular flexibility index (Phi) is 6.92. The maximum absolute atomic E-state index is 12.0. The van der Waals surface area contributed by atoms with E-state index in [0.29, 0.717) is 29.2 Å². The Morgan fingerprint density at radius 2 is 1.73 bits per heavy atom. The number of nitrogens with zero attached hydrogens (tertiary/aromatic N) is 2. The molecule has 2 amide bonds. The maximum Gasteiger partial charge on any atom is 0.373 e. The van der Waals surface area contributed by atoms with Crippen LogP contribution in [-0.4, -0.2) is 47.2 Å². The zero-order chi connectivity index (χ0) is 26.4. The summed E-state index contributed by atoms with van der Waals surface area (Å²) in [5.41, 5.74) is 2.42. The molecule has 0 aromatic rings. The van der Waals surface area contributed by atoms with Gasteiger partial charge in [-0.15, -0.1) is 5.06 Å². The Balaban J connectivity index is 1.21. The summed E-state index contributed by atoms with van der Waals surface area (Å²) in [6.07, 6.45) is 11.0. The summed E-state index contributed by atoms with van der Waals surface area (Å²) in [6.45, 7) is 6.16. The molecule has 5 rings (SSSR count). The Bertz CT molecular complexity index is 1040. The number of oxime groups is 1. The van der Waals surface area contributed by atoms with Crippen LogP contribution in [0.4, 0.5) is 0 Å². The normalized spacial score (nSPS) is 38.0. The van der Waals surface area contributed by atoms with E-state index < -0.39 is 24.4 Å². The van der Waals surface area contributed by atoms with E-state index in [2.05, 4.69) is 25.1 Å². The summed E-state index contributed by atoms with van der Waals surface area (Å²) in [7, 11) is 0. The van der Waals surface area contributed by atoms with Crippen molar-refractivity contribution in [3.8, 4) is 0 Å². The number of imide groups is 1. The number of carbonyl (C=O) groups excluding carboxylic acids is 4. The van der Waals surface area contributed by atoms with E-state index in [9.17, 15) is 19.2 Å². The zero-order valence-electron chi connectivity index (χ0n) is 22.1. The molecule has 0 aromatic heterocycles. The molecule has 202 valence electrons. The average molecular weight is 515 g/mol. The van der Waals surface area contributed by atoms with Gasteiger partial charge in [0.15, 0.2) is 0 Å².